The van der Waals surface area contributed by atoms with E-state index in [0.717, 1.165) is 128 Å². The number of hydrogen-bond acceptors (Lipinski definition) is 7. The minimum atomic E-state index is -4.72. The van der Waals surface area contributed by atoms with E-state index in [1.807, 2.05) is 33.3 Å². The van der Waals surface area contributed by atoms with E-state index < -0.39 is 26.6 Å². The predicted octanol–water partition coefficient (Wildman–Crippen LogP) is 21.0. The minimum Gasteiger partial charge on any atom is -0.756 e. The highest BCUT2D eigenvalue weighted by molar-refractivity contribution is 7.45. The number of likely N-dealkylation sites (N-methyl/N-ethyl adjacent to an activating group) is 1. The third-order valence-corrected chi connectivity index (χ3v) is 15.3. The van der Waals surface area contributed by atoms with Crippen molar-refractivity contribution in [1.82, 2.24) is 5.32 Å². The summed E-state index contributed by atoms with van der Waals surface area (Å²) in [6.45, 7) is 6.66. The van der Waals surface area contributed by atoms with E-state index in [1.54, 1.807) is 0 Å². The number of esters is 1. The number of carbonyl (C=O) groups is 2. The molecule has 480 valence electrons. The molecule has 9 nitrogen and oxygen atoms in total. The van der Waals surface area contributed by atoms with Gasteiger partial charge in [0.2, 0.25) is 5.91 Å². The van der Waals surface area contributed by atoms with E-state index in [9.17, 15) is 19.0 Å². The Morgan fingerprint density at radius 2 is 0.762 bits per heavy atom. The molecule has 1 N–H and O–H groups in total. The molecule has 0 aliphatic heterocycles. The van der Waals surface area contributed by atoms with Crippen molar-refractivity contribution in [3.05, 3.63) is 134 Å². The first-order valence-corrected chi connectivity index (χ1v) is 35.5. The van der Waals surface area contributed by atoms with Gasteiger partial charge in [0.05, 0.1) is 33.8 Å². The van der Waals surface area contributed by atoms with Crippen LogP contribution in [0, 0.1) is 0 Å². The van der Waals surface area contributed by atoms with Crippen LogP contribution in [-0.4, -0.2) is 69.4 Å². The van der Waals surface area contributed by atoms with Crippen molar-refractivity contribution in [2.75, 3.05) is 40.9 Å². The van der Waals surface area contributed by atoms with E-state index in [4.69, 9.17) is 13.8 Å². The monoisotopic (exact) mass is 1190 g/mol. The molecule has 0 fully saturated rings. The second-order valence-corrected chi connectivity index (χ2v) is 25.0. The highest BCUT2D eigenvalue weighted by atomic mass is 31.2. The number of phosphoric acid groups is 1. The number of hydrogen-bond donors (Lipinski definition) is 1. The molecule has 0 spiro atoms. The van der Waals surface area contributed by atoms with Crippen molar-refractivity contribution in [1.29, 1.82) is 0 Å². The number of quaternary nitrogens is 1. The zero-order valence-electron chi connectivity index (χ0n) is 54.8. The Bertz CT molecular complexity index is 1900. The molecule has 0 aromatic heterocycles. The molecule has 0 heterocycles. The molecule has 0 saturated carbocycles. The van der Waals surface area contributed by atoms with Gasteiger partial charge in [-0.15, -0.1) is 0 Å². The van der Waals surface area contributed by atoms with Crippen LogP contribution in [-0.2, 0) is 27.9 Å². The number of phosphoric ester groups is 1. The number of amides is 1. The summed E-state index contributed by atoms with van der Waals surface area (Å²) >= 11 is 0. The van der Waals surface area contributed by atoms with Crippen LogP contribution in [0.4, 0.5) is 0 Å². The molecular formula is C74H127N2O7P. The zero-order valence-corrected chi connectivity index (χ0v) is 55.7. The number of carbonyl (C=O) groups excluding carboxylic acids is 2. The molecule has 0 radical (unpaired) electrons. The van der Waals surface area contributed by atoms with Crippen molar-refractivity contribution >= 4 is 19.7 Å². The number of nitrogens with zero attached hydrogens (tertiary/aromatic N) is 1. The number of allylic oxidation sites excluding steroid dienone is 21. The van der Waals surface area contributed by atoms with Gasteiger partial charge >= 0.3 is 5.97 Å². The summed E-state index contributed by atoms with van der Waals surface area (Å²) in [5.41, 5.74) is 0. The average Bonchev–Trinajstić information content (AvgIpc) is 3.64. The van der Waals surface area contributed by atoms with Crippen LogP contribution in [0.3, 0.4) is 0 Å². The minimum absolute atomic E-state index is 0.0365. The molecule has 0 rings (SSSR count). The lowest BCUT2D eigenvalue weighted by molar-refractivity contribution is -0.870. The number of nitrogens with one attached hydrogen (secondary N) is 1. The Balaban J connectivity index is 5.19. The molecule has 0 aliphatic carbocycles. The molecule has 3 unspecified atom stereocenters. The second kappa shape index (κ2) is 62.2. The van der Waals surface area contributed by atoms with Gasteiger partial charge in [0.15, 0.2) is 0 Å². The first-order chi connectivity index (χ1) is 40.9. The van der Waals surface area contributed by atoms with Crippen molar-refractivity contribution in [3.8, 4) is 0 Å². The molecule has 0 aliphatic rings. The number of ether oxygens (including phenoxy) is 1. The van der Waals surface area contributed by atoms with E-state index in [1.165, 1.54) is 103 Å². The first-order valence-electron chi connectivity index (χ1n) is 34.0. The third-order valence-electron chi connectivity index (χ3n) is 14.3. The Labute approximate surface area is 517 Å². The number of unbranched alkanes of at least 4 members (excludes halogenated alkanes) is 24. The molecule has 0 aromatic carbocycles. The van der Waals surface area contributed by atoms with Crippen LogP contribution in [0.2, 0.25) is 0 Å². The lowest BCUT2D eigenvalue weighted by atomic mass is 10.0. The van der Waals surface area contributed by atoms with Crippen LogP contribution < -0.4 is 10.2 Å². The normalized spacial score (nSPS) is 14.4. The van der Waals surface area contributed by atoms with E-state index in [2.05, 4.69) is 148 Å². The summed E-state index contributed by atoms with van der Waals surface area (Å²) < 4.78 is 30.4. The van der Waals surface area contributed by atoms with Crippen molar-refractivity contribution < 1.29 is 37.3 Å². The third kappa shape index (κ3) is 62.7. The van der Waals surface area contributed by atoms with Crippen LogP contribution in [0.5, 0.6) is 0 Å². The van der Waals surface area contributed by atoms with E-state index in [0.29, 0.717) is 23.9 Å². The molecule has 1 amide bonds. The predicted molar refractivity (Wildman–Crippen MR) is 362 cm³/mol. The number of rotatable bonds is 60. The molecule has 3 atom stereocenters. The maximum Gasteiger partial charge on any atom is 0.306 e. The fourth-order valence-corrected chi connectivity index (χ4v) is 9.82. The van der Waals surface area contributed by atoms with Gasteiger partial charge in [0.1, 0.15) is 19.3 Å². The van der Waals surface area contributed by atoms with Crippen LogP contribution in [0.15, 0.2) is 134 Å². The summed E-state index contributed by atoms with van der Waals surface area (Å²) in [5.74, 6) is -0.593. The highest BCUT2D eigenvalue weighted by Gasteiger charge is 2.27. The van der Waals surface area contributed by atoms with Gasteiger partial charge in [-0.05, 0) is 128 Å². The van der Waals surface area contributed by atoms with Crippen molar-refractivity contribution in [2.24, 2.45) is 0 Å². The Kier molecular flexibility index (Phi) is 59.4. The quantitative estimate of drug-likeness (QED) is 0.0212. The van der Waals surface area contributed by atoms with Gasteiger partial charge < -0.3 is 28.5 Å². The van der Waals surface area contributed by atoms with E-state index >= 15 is 0 Å². The highest BCUT2D eigenvalue weighted by Crippen LogP contribution is 2.38. The van der Waals surface area contributed by atoms with Crippen molar-refractivity contribution in [3.63, 3.8) is 0 Å². The maximum atomic E-state index is 13.6. The fraction of sp³-hybridized carbons (Fsp3) is 0.676. The van der Waals surface area contributed by atoms with Crippen LogP contribution in [0.25, 0.3) is 0 Å². The SMILES string of the molecule is CC/C=C\C/C=C\C/C=C\C/C=C\C/C=C\C/C=C\CCCCCCCCCCC(=O)NC(COP(=O)([O-])OCC[N+](C)(C)C)C(/C=C\CCCCCCCCCCCC)OC(=O)CCCCC/C=C\C/C=C\C/C=C\C/C=C\CCCCC. The standard InChI is InChI=1S/C74H127N2O7P/c1-7-10-13-16-19-22-25-28-30-32-34-35-36-37-38-39-40-41-43-44-46-48-51-54-57-60-63-66-73(77)75-71(70-82-84(79,80)81-69-68-76(4,5)6)72(65-62-59-56-53-50-27-24-21-18-15-12-9-3)83-74(78)67-64-61-58-55-52-49-47-45-42-33-31-29-26-23-20-17-14-11-8-2/h10,13,19-20,22-23,28-31,34-35,37-38,40-42,45,49,52,62,65,71-72H,7-9,11-12,14-18,21,24-27,32-33,36,39,43-44,46-48,50-51,53-61,63-64,66-70H2,1-6H3,(H-,75,77,79,80)/b13-10-,22-19-,23-20-,30-28-,31-29-,35-34-,38-37-,41-40-,45-42-,52-49-,65-62-. The topological polar surface area (TPSA) is 114 Å². The Hall–Kier alpha value is -3.85. The molecule has 10 heteroatoms. The lowest BCUT2D eigenvalue weighted by Gasteiger charge is -2.30. The Morgan fingerprint density at radius 3 is 1.18 bits per heavy atom. The maximum absolute atomic E-state index is 13.6. The first kappa shape index (κ1) is 80.2. The lowest BCUT2D eigenvalue weighted by Crippen LogP contribution is -2.47. The van der Waals surface area contributed by atoms with Gasteiger partial charge in [0, 0.05) is 12.8 Å². The molecule has 0 bridgehead atoms. The van der Waals surface area contributed by atoms with Crippen LogP contribution in [0.1, 0.15) is 271 Å². The Morgan fingerprint density at radius 1 is 0.429 bits per heavy atom. The summed E-state index contributed by atoms with van der Waals surface area (Å²) in [7, 11) is 1.14. The molecule has 0 saturated heterocycles. The molecular weight excluding hydrogens is 1060 g/mol. The summed E-state index contributed by atoms with van der Waals surface area (Å²) in [6, 6.07) is -0.917. The summed E-state index contributed by atoms with van der Waals surface area (Å²) in [4.78, 5) is 40.1. The van der Waals surface area contributed by atoms with Crippen molar-refractivity contribution in [2.45, 2.75) is 283 Å². The van der Waals surface area contributed by atoms with Gasteiger partial charge in [0.25, 0.3) is 7.82 Å². The fourth-order valence-electron chi connectivity index (χ4n) is 9.10. The smallest absolute Gasteiger partial charge is 0.306 e. The van der Waals surface area contributed by atoms with Gasteiger partial charge in [-0.3, -0.25) is 14.2 Å². The van der Waals surface area contributed by atoms with Gasteiger partial charge in [-0.1, -0.05) is 264 Å². The van der Waals surface area contributed by atoms with E-state index in [-0.39, 0.29) is 24.9 Å². The zero-order chi connectivity index (χ0) is 61.4. The summed E-state index contributed by atoms with van der Waals surface area (Å²) in [5, 5.41) is 3.02. The molecule has 84 heavy (non-hydrogen) atoms. The van der Waals surface area contributed by atoms with Gasteiger partial charge in [-0.25, -0.2) is 0 Å². The van der Waals surface area contributed by atoms with Gasteiger partial charge in [-0.2, -0.15) is 0 Å². The summed E-state index contributed by atoms with van der Waals surface area (Å²) in [6.07, 6.45) is 88.5. The second-order valence-electron chi connectivity index (χ2n) is 23.6. The largest absolute Gasteiger partial charge is 0.756 e. The average molecular weight is 1190 g/mol. The van der Waals surface area contributed by atoms with Crippen LogP contribution >= 0.6 is 7.82 Å². The molecule has 0 aromatic rings.